The van der Waals surface area contributed by atoms with Gasteiger partial charge in [0.15, 0.2) is 0 Å². The topological polar surface area (TPSA) is 20.3 Å². The summed E-state index contributed by atoms with van der Waals surface area (Å²) in [5.74, 6) is 0.471. The number of halogens is 2. The molecule has 0 aliphatic carbocycles. The number of benzene rings is 1. The minimum atomic E-state index is 0.0214. The SMILES string of the molecule is CC(CCl)N(C)C(=O)c1ccccc1I. The lowest BCUT2D eigenvalue weighted by molar-refractivity contribution is 0.0755. The second-order valence-corrected chi connectivity index (χ2v) is 4.87. The van der Waals surface area contributed by atoms with Crippen molar-refractivity contribution in [2.24, 2.45) is 0 Å². The highest BCUT2D eigenvalue weighted by atomic mass is 127. The number of amides is 1. The van der Waals surface area contributed by atoms with E-state index in [1.807, 2.05) is 31.2 Å². The Balaban J connectivity index is 2.90. The highest BCUT2D eigenvalue weighted by molar-refractivity contribution is 14.1. The van der Waals surface area contributed by atoms with Crippen LogP contribution in [-0.4, -0.2) is 29.8 Å². The summed E-state index contributed by atoms with van der Waals surface area (Å²) >= 11 is 7.89. The van der Waals surface area contributed by atoms with E-state index in [0.717, 1.165) is 9.13 Å². The van der Waals surface area contributed by atoms with Crippen LogP contribution in [0.25, 0.3) is 0 Å². The summed E-state index contributed by atoms with van der Waals surface area (Å²) in [6.07, 6.45) is 0. The van der Waals surface area contributed by atoms with Gasteiger partial charge in [0.1, 0.15) is 0 Å². The number of nitrogens with zero attached hydrogens (tertiary/aromatic N) is 1. The van der Waals surface area contributed by atoms with Gasteiger partial charge in [-0.25, -0.2) is 0 Å². The van der Waals surface area contributed by atoms with Gasteiger partial charge in [0.2, 0.25) is 0 Å². The van der Waals surface area contributed by atoms with E-state index < -0.39 is 0 Å². The van der Waals surface area contributed by atoms with Crippen molar-refractivity contribution >= 4 is 40.1 Å². The molecular weight excluding hydrogens is 324 g/mol. The van der Waals surface area contributed by atoms with Crippen molar-refractivity contribution < 1.29 is 4.79 Å². The molecule has 1 aromatic rings. The molecule has 82 valence electrons. The molecule has 1 amide bonds. The monoisotopic (exact) mass is 337 g/mol. The Bertz CT molecular complexity index is 356. The first-order valence-electron chi connectivity index (χ1n) is 4.65. The van der Waals surface area contributed by atoms with Gasteiger partial charge in [0.25, 0.3) is 5.91 Å². The Morgan fingerprint density at radius 3 is 2.67 bits per heavy atom. The molecule has 4 heteroatoms. The normalized spacial score (nSPS) is 12.3. The number of hydrogen-bond donors (Lipinski definition) is 0. The fourth-order valence-corrected chi connectivity index (χ4v) is 1.95. The van der Waals surface area contributed by atoms with Crippen LogP contribution in [0, 0.1) is 3.57 Å². The van der Waals surface area contributed by atoms with Gasteiger partial charge in [-0.2, -0.15) is 0 Å². The van der Waals surface area contributed by atoms with E-state index in [0.29, 0.717) is 5.88 Å². The molecule has 0 radical (unpaired) electrons. The number of hydrogen-bond acceptors (Lipinski definition) is 1. The zero-order valence-corrected chi connectivity index (χ0v) is 11.6. The third-order valence-corrected chi connectivity index (χ3v) is 3.70. The van der Waals surface area contributed by atoms with Gasteiger partial charge < -0.3 is 4.90 Å². The maximum absolute atomic E-state index is 12.0. The predicted molar refractivity (Wildman–Crippen MR) is 71.4 cm³/mol. The Kier molecular flexibility index (Phi) is 4.86. The summed E-state index contributed by atoms with van der Waals surface area (Å²) in [7, 11) is 1.78. The standard InChI is InChI=1S/C11H13ClINO/c1-8(7-12)14(2)11(15)9-5-3-4-6-10(9)13/h3-6,8H,7H2,1-2H3. The van der Waals surface area contributed by atoms with Gasteiger partial charge in [-0.15, -0.1) is 11.6 Å². The summed E-state index contributed by atoms with van der Waals surface area (Å²) in [5, 5.41) is 0. The second-order valence-electron chi connectivity index (χ2n) is 3.40. The molecule has 1 atom stereocenters. The van der Waals surface area contributed by atoms with Crippen LogP contribution in [0.2, 0.25) is 0 Å². The van der Waals surface area contributed by atoms with Crippen LogP contribution in [0.3, 0.4) is 0 Å². The van der Waals surface area contributed by atoms with Crippen molar-refractivity contribution in [1.29, 1.82) is 0 Å². The Morgan fingerprint density at radius 2 is 2.13 bits per heavy atom. The maximum Gasteiger partial charge on any atom is 0.254 e. The molecule has 0 aliphatic heterocycles. The third kappa shape index (κ3) is 3.08. The van der Waals surface area contributed by atoms with Crippen molar-refractivity contribution in [2.45, 2.75) is 13.0 Å². The van der Waals surface area contributed by atoms with Crippen molar-refractivity contribution in [3.63, 3.8) is 0 Å². The first-order chi connectivity index (χ1) is 7.07. The third-order valence-electron chi connectivity index (χ3n) is 2.31. The van der Waals surface area contributed by atoms with Crippen molar-refractivity contribution in [2.75, 3.05) is 12.9 Å². The van der Waals surface area contributed by atoms with Crippen LogP contribution >= 0.6 is 34.2 Å². The number of carbonyl (C=O) groups is 1. The van der Waals surface area contributed by atoms with E-state index in [1.54, 1.807) is 11.9 Å². The van der Waals surface area contributed by atoms with Crippen molar-refractivity contribution in [3.05, 3.63) is 33.4 Å². The summed E-state index contributed by atoms with van der Waals surface area (Å²) in [6, 6.07) is 7.60. The first kappa shape index (κ1) is 12.8. The predicted octanol–water partition coefficient (Wildman–Crippen LogP) is 2.99. The summed E-state index contributed by atoms with van der Waals surface area (Å²) in [6.45, 7) is 1.93. The van der Waals surface area contributed by atoms with E-state index in [-0.39, 0.29) is 11.9 Å². The first-order valence-corrected chi connectivity index (χ1v) is 6.27. The smallest absolute Gasteiger partial charge is 0.254 e. The van der Waals surface area contributed by atoms with Gasteiger partial charge in [-0.05, 0) is 41.6 Å². The summed E-state index contributed by atoms with van der Waals surface area (Å²) in [5.41, 5.74) is 0.734. The maximum atomic E-state index is 12.0. The Morgan fingerprint density at radius 1 is 1.53 bits per heavy atom. The van der Waals surface area contributed by atoms with Crippen LogP contribution in [0.15, 0.2) is 24.3 Å². The van der Waals surface area contributed by atoms with E-state index in [9.17, 15) is 4.79 Å². The van der Waals surface area contributed by atoms with E-state index in [4.69, 9.17) is 11.6 Å². The average Bonchev–Trinajstić information content (AvgIpc) is 2.26. The average molecular weight is 338 g/mol. The highest BCUT2D eigenvalue weighted by Crippen LogP contribution is 2.14. The molecule has 0 N–H and O–H groups in total. The van der Waals surface area contributed by atoms with Crippen LogP contribution in [-0.2, 0) is 0 Å². The number of alkyl halides is 1. The zero-order valence-electron chi connectivity index (χ0n) is 8.71. The Labute approximate surface area is 109 Å². The van der Waals surface area contributed by atoms with E-state index >= 15 is 0 Å². The van der Waals surface area contributed by atoms with Crippen LogP contribution < -0.4 is 0 Å². The molecule has 0 fully saturated rings. The lowest BCUT2D eigenvalue weighted by atomic mass is 10.2. The number of carbonyl (C=O) groups excluding carboxylic acids is 1. The molecule has 0 aromatic heterocycles. The van der Waals surface area contributed by atoms with E-state index in [1.165, 1.54) is 0 Å². The molecule has 1 aromatic carbocycles. The lowest BCUT2D eigenvalue weighted by Crippen LogP contribution is -2.36. The fraction of sp³-hybridized carbons (Fsp3) is 0.364. The Hall–Kier alpha value is -0.290. The molecule has 2 nitrogen and oxygen atoms in total. The number of rotatable bonds is 3. The van der Waals surface area contributed by atoms with Gasteiger partial charge in [-0.3, -0.25) is 4.79 Å². The molecule has 1 unspecified atom stereocenters. The fourth-order valence-electron chi connectivity index (χ4n) is 1.13. The molecule has 0 bridgehead atoms. The highest BCUT2D eigenvalue weighted by Gasteiger charge is 2.18. The largest absolute Gasteiger partial charge is 0.338 e. The van der Waals surface area contributed by atoms with Gasteiger partial charge in [0, 0.05) is 22.5 Å². The zero-order chi connectivity index (χ0) is 11.4. The van der Waals surface area contributed by atoms with E-state index in [2.05, 4.69) is 22.6 Å². The lowest BCUT2D eigenvalue weighted by Gasteiger charge is -2.23. The molecule has 0 saturated heterocycles. The molecule has 15 heavy (non-hydrogen) atoms. The second kappa shape index (κ2) is 5.70. The van der Waals surface area contributed by atoms with Crippen LogP contribution in [0.1, 0.15) is 17.3 Å². The summed E-state index contributed by atoms with van der Waals surface area (Å²) in [4.78, 5) is 13.7. The van der Waals surface area contributed by atoms with Crippen molar-refractivity contribution in [3.8, 4) is 0 Å². The molecule has 0 spiro atoms. The molecule has 0 saturated carbocycles. The van der Waals surface area contributed by atoms with Gasteiger partial charge >= 0.3 is 0 Å². The van der Waals surface area contributed by atoms with Gasteiger partial charge in [0.05, 0.1) is 5.56 Å². The quantitative estimate of drug-likeness (QED) is 0.613. The van der Waals surface area contributed by atoms with Crippen LogP contribution in [0.4, 0.5) is 0 Å². The van der Waals surface area contributed by atoms with Crippen LogP contribution in [0.5, 0.6) is 0 Å². The minimum absolute atomic E-state index is 0.0214. The van der Waals surface area contributed by atoms with Crippen molar-refractivity contribution in [1.82, 2.24) is 4.90 Å². The molecule has 1 rings (SSSR count). The van der Waals surface area contributed by atoms with Gasteiger partial charge in [-0.1, -0.05) is 12.1 Å². The summed E-state index contributed by atoms with van der Waals surface area (Å²) < 4.78 is 0.966. The molecule has 0 aliphatic rings. The molecular formula is C11H13ClINO. The molecule has 0 heterocycles. The minimum Gasteiger partial charge on any atom is -0.338 e.